The van der Waals surface area contributed by atoms with Crippen molar-refractivity contribution in [2.24, 2.45) is 0 Å². The molecule has 2 aromatic carbocycles. The summed E-state index contributed by atoms with van der Waals surface area (Å²) >= 11 is 0. The van der Waals surface area contributed by atoms with Crippen molar-refractivity contribution in [3.63, 3.8) is 0 Å². The molecule has 0 atom stereocenters. The van der Waals surface area contributed by atoms with E-state index in [9.17, 15) is 8.42 Å². The quantitative estimate of drug-likeness (QED) is 0.921. The van der Waals surface area contributed by atoms with Crippen LogP contribution in [0.1, 0.15) is 11.1 Å². The first kappa shape index (κ1) is 12.7. The summed E-state index contributed by atoms with van der Waals surface area (Å²) in [5, 5.41) is 1.26. The number of benzene rings is 2. The van der Waals surface area contributed by atoms with Gasteiger partial charge in [0.15, 0.2) is 0 Å². The first-order valence-electron chi connectivity index (χ1n) is 6.21. The molecule has 20 heavy (non-hydrogen) atoms. The highest BCUT2D eigenvalue weighted by atomic mass is 32.2. The van der Waals surface area contributed by atoms with Gasteiger partial charge >= 0.3 is 0 Å². The molecule has 0 saturated carbocycles. The molecule has 4 heteroatoms. The molecule has 2 aromatic rings. The maximum atomic E-state index is 12.0. The summed E-state index contributed by atoms with van der Waals surface area (Å²) in [7, 11) is -3.46. The normalized spacial score (nSPS) is 16.8. The van der Waals surface area contributed by atoms with E-state index < -0.39 is 10.0 Å². The Bertz CT molecular complexity index is 776. The molecule has 1 aliphatic rings. The molecule has 3 rings (SSSR count). The van der Waals surface area contributed by atoms with Crippen LogP contribution in [0.15, 0.2) is 72.1 Å². The average Bonchev–Trinajstić information content (AvgIpc) is 2.47. The van der Waals surface area contributed by atoms with E-state index >= 15 is 0 Å². The van der Waals surface area contributed by atoms with Crippen LogP contribution in [-0.2, 0) is 10.0 Å². The van der Waals surface area contributed by atoms with Crippen molar-refractivity contribution in [3.8, 4) is 0 Å². The standard InChI is InChI=1S/C16H13NO2S/c18-20(19)12-15(13-7-3-1-4-8-13)11-16(17-20)14-9-5-2-6-10-14/h1-12,17H. The largest absolute Gasteiger partial charge is 0.279 e. The third kappa shape index (κ3) is 2.65. The number of sulfonamides is 1. The second-order valence-electron chi connectivity index (χ2n) is 4.51. The lowest BCUT2D eigenvalue weighted by molar-refractivity contribution is 0.600. The molecule has 0 radical (unpaired) electrons. The highest BCUT2D eigenvalue weighted by molar-refractivity contribution is 7.93. The van der Waals surface area contributed by atoms with Gasteiger partial charge in [-0.1, -0.05) is 60.7 Å². The van der Waals surface area contributed by atoms with Gasteiger partial charge in [0.1, 0.15) is 0 Å². The zero-order valence-corrected chi connectivity index (χ0v) is 11.5. The van der Waals surface area contributed by atoms with Crippen LogP contribution in [-0.4, -0.2) is 8.42 Å². The van der Waals surface area contributed by atoms with E-state index in [-0.39, 0.29) is 0 Å². The number of nitrogens with one attached hydrogen (secondary N) is 1. The molecule has 0 unspecified atom stereocenters. The second kappa shape index (κ2) is 4.98. The molecule has 0 spiro atoms. The Hall–Kier alpha value is -2.33. The molecule has 100 valence electrons. The number of hydrogen-bond donors (Lipinski definition) is 1. The van der Waals surface area contributed by atoms with Gasteiger partial charge in [-0.25, -0.2) is 8.42 Å². The highest BCUT2D eigenvalue weighted by Crippen LogP contribution is 2.26. The summed E-state index contributed by atoms with van der Waals surface area (Å²) in [5.41, 5.74) is 3.00. The average molecular weight is 283 g/mol. The highest BCUT2D eigenvalue weighted by Gasteiger charge is 2.18. The molecule has 0 aliphatic carbocycles. The lowest BCUT2D eigenvalue weighted by Gasteiger charge is -2.16. The molecule has 1 N–H and O–H groups in total. The van der Waals surface area contributed by atoms with Gasteiger partial charge in [0, 0.05) is 0 Å². The van der Waals surface area contributed by atoms with Crippen molar-refractivity contribution >= 4 is 21.3 Å². The van der Waals surface area contributed by atoms with Crippen LogP contribution in [0.5, 0.6) is 0 Å². The van der Waals surface area contributed by atoms with E-state index in [1.807, 2.05) is 66.7 Å². The SMILES string of the molecule is O=S1(=O)C=C(c2ccccc2)C=C(c2ccccc2)N1. The Morgan fingerprint density at radius 3 is 1.90 bits per heavy atom. The van der Waals surface area contributed by atoms with Crippen molar-refractivity contribution in [2.75, 3.05) is 0 Å². The fourth-order valence-corrected chi connectivity index (χ4v) is 3.19. The van der Waals surface area contributed by atoms with Crippen molar-refractivity contribution in [2.45, 2.75) is 0 Å². The molecular weight excluding hydrogens is 270 g/mol. The topological polar surface area (TPSA) is 46.2 Å². The molecule has 3 nitrogen and oxygen atoms in total. The molecular formula is C16H13NO2S. The van der Waals surface area contributed by atoms with E-state index in [0.717, 1.165) is 11.1 Å². The molecule has 0 amide bonds. The third-order valence-corrected chi connectivity index (χ3v) is 4.09. The van der Waals surface area contributed by atoms with Gasteiger partial charge in [-0.3, -0.25) is 4.72 Å². The van der Waals surface area contributed by atoms with Crippen molar-refractivity contribution < 1.29 is 8.42 Å². The fourth-order valence-electron chi connectivity index (χ4n) is 2.11. The van der Waals surface area contributed by atoms with E-state index in [1.165, 1.54) is 5.41 Å². The molecule has 0 aromatic heterocycles. The number of hydrogen-bond acceptors (Lipinski definition) is 2. The molecule has 1 heterocycles. The first-order valence-corrected chi connectivity index (χ1v) is 7.76. The predicted octanol–water partition coefficient (Wildman–Crippen LogP) is 3.00. The Kier molecular flexibility index (Phi) is 3.16. The minimum absolute atomic E-state index is 0.590. The van der Waals surface area contributed by atoms with Crippen molar-refractivity contribution in [1.29, 1.82) is 0 Å². The summed E-state index contributed by atoms with van der Waals surface area (Å²) in [5.74, 6) is 0. The van der Waals surface area contributed by atoms with Crippen LogP contribution in [0.4, 0.5) is 0 Å². The van der Waals surface area contributed by atoms with Crippen LogP contribution in [0.3, 0.4) is 0 Å². The minimum Gasteiger partial charge on any atom is -0.279 e. The maximum absolute atomic E-state index is 12.0. The van der Waals surface area contributed by atoms with Crippen molar-refractivity contribution in [1.82, 2.24) is 4.72 Å². The lowest BCUT2D eigenvalue weighted by Crippen LogP contribution is -2.23. The van der Waals surface area contributed by atoms with Crippen LogP contribution in [0.25, 0.3) is 11.3 Å². The third-order valence-electron chi connectivity index (χ3n) is 3.03. The Morgan fingerprint density at radius 1 is 0.750 bits per heavy atom. The molecule has 0 saturated heterocycles. The van der Waals surface area contributed by atoms with Gasteiger partial charge in [-0.2, -0.15) is 0 Å². The zero-order chi connectivity index (χ0) is 14.0. The number of allylic oxidation sites excluding steroid dienone is 2. The van der Waals surface area contributed by atoms with Crippen LogP contribution >= 0.6 is 0 Å². The van der Waals surface area contributed by atoms with Gasteiger partial charge < -0.3 is 0 Å². The van der Waals surface area contributed by atoms with Crippen LogP contribution in [0, 0.1) is 0 Å². The molecule has 0 fully saturated rings. The molecule has 0 bridgehead atoms. The monoisotopic (exact) mass is 283 g/mol. The zero-order valence-electron chi connectivity index (χ0n) is 10.7. The van der Waals surface area contributed by atoms with E-state index in [4.69, 9.17) is 0 Å². The molecule has 1 aliphatic heterocycles. The second-order valence-corrected chi connectivity index (χ2v) is 6.04. The van der Waals surface area contributed by atoms with Crippen LogP contribution in [0.2, 0.25) is 0 Å². The van der Waals surface area contributed by atoms with Gasteiger partial charge in [0.25, 0.3) is 10.0 Å². The minimum atomic E-state index is -3.46. The van der Waals surface area contributed by atoms with E-state index in [0.29, 0.717) is 11.3 Å². The van der Waals surface area contributed by atoms with Crippen molar-refractivity contribution in [3.05, 3.63) is 83.3 Å². The van der Waals surface area contributed by atoms with Gasteiger partial charge in [0.05, 0.1) is 11.1 Å². The van der Waals surface area contributed by atoms with Crippen LogP contribution < -0.4 is 4.72 Å². The van der Waals surface area contributed by atoms with Gasteiger partial charge in [-0.05, 0) is 22.8 Å². The summed E-state index contributed by atoms with van der Waals surface area (Å²) in [6.45, 7) is 0. The fraction of sp³-hybridized carbons (Fsp3) is 0. The summed E-state index contributed by atoms with van der Waals surface area (Å²) in [4.78, 5) is 0. The van der Waals surface area contributed by atoms with Gasteiger partial charge in [0.2, 0.25) is 0 Å². The maximum Gasteiger partial charge on any atom is 0.255 e. The van der Waals surface area contributed by atoms with E-state index in [2.05, 4.69) is 4.72 Å². The Morgan fingerprint density at radius 2 is 1.30 bits per heavy atom. The van der Waals surface area contributed by atoms with E-state index in [1.54, 1.807) is 0 Å². The first-order chi connectivity index (χ1) is 9.64. The smallest absolute Gasteiger partial charge is 0.255 e. The number of rotatable bonds is 2. The summed E-state index contributed by atoms with van der Waals surface area (Å²) < 4.78 is 26.5. The summed E-state index contributed by atoms with van der Waals surface area (Å²) in [6.07, 6.45) is 1.85. The van der Waals surface area contributed by atoms with Gasteiger partial charge in [-0.15, -0.1) is 0 Å². The lowest BCUT2D eigenvalue weighted by atomic mass is 10.0. The Labute approximate surface area is 118 Å². The Balaban J connectivity index is 2.10. The summed E-state index contributed by atoms with van der Waals surface area (Å²) in [6, 6.07) is 18.9. The predicted molar refractivity (Wildman–Crippen MR) is 80.9 cm³/mol.